The van der Waals surface area contributed by atoms with Crippen molar-refractivity contribution in [2.75, 3.05) is 6.26 Å². The lowest BCUT2D eigenvalue weighted by atomic mass is 10.0. The number of nitriles is 1. The highest BCUT2D eigenvalue weighted by molar-refractivity contribution is 7.86. The zero-order chi connectivity index (χ0) is 15.6. The number of carbonyl (C=O) groups is 1. The molecule has 1 atom stereocenters. The quantitative estimate of drug-likeness (QED) is 0.776. The number of carbonyl (C=O) groups excluding carboxylic acids is 1. The van der Waals surface area contributed by atoms with E-state index < -0.39 is 21.6 Å². The molecule has 8 nitrogen and oxygen atoms in total. The molecule has 9 heteroatoms. The third-order valence-corrected chi connectivity index (χ3v) is 3.07. The van der Waals surface area contributed by atoms with Crippen LogP contribution in [-0.2, 0) is 17.2 Å². The first-order chi connectivity index (χ1) is 9.10. The van der Waals surface area contributed by atoms with Gasteiger partial charge in [0.05, 0.1) is 12.3 Å². The zero-order valence-electron chi connectivity index (χ0n) is 11.7. The van der Waals surface area contributed by atoms with Gasteiger partial charge in [-0.2, -0.15) is 13.7 Å². The Labute approximate surface area is 117 Å². The van der Waals surface area contributed by atoms with Gasteiger partial charge in [-0.1, -0.05) is 6.92 Å². The lowest BCUT2D eigenvalue weighted by Gasteiger charge is -2.20. The van der Waals surface area contributed by atoms with E-state index in [1.165, 1.54) is 17.9 Å². The molecule has 1 aromatic heterocycles. The average Bonchev–Trinajstić information content (AvgIpc) is 2.67. The normalized spacial score (nSPS) is 14.2. The van der Waals surface area contributed by atoms with Crippen molar-refractivity contribution in [3.8, 4) is 11.9 Å². The predicted molar refractivity (Wildman–Crippen MR) is 70.5 cm³/mol. The van der Waals surface area contributed by atoms with Crippen molar-refractivity contribution in [2.45, 2.75) is 25.8 Å². The number of aromatic nitrogens is 2. The van der Waals surface area contributed by atoms with Crippen LogP contribution in [-0.4, -0.2) is 35.9 Å². The molecule has 0 saturated heterocycles. The number of aryl methyl sites for hydroxylation is 1. The van der Waals surface area contributed by atoms with Crippen LogP contribution in [0.15, 0.2) is 6.20 Å². The molecule has 0 aliphatic rings. The number of hydrogen-bond acceptors (Lipinski definition) is 6. The second-order valence-electron chi connectivity index (χ2n) is 4.56. The summed E-state index contributed by atoms with van der Waals surface area (Å²) in [6.07, 6.45) is 2.58. The molecule has 0 aliphatic carbocycles. The van der Waals surface area contributed by atoms with Gasteiger partial charge in [-0.05, 0) is 13.3 Å². The summed E-state index contributed by atoms with van der Waals surface area (Å²) >= 11 is 0. The maximum Gasteiger partial charge on any atom is 0.307 e. The zero-order valence-corrected chi connectivity index (χ0v) is 12.5. The van der Waals surface area contributed by atoms with Crippen LogP contribution in [0.4, 0.5) is 0 Å². The largest absolute Gasteiger partial charge is 0.359 e. The predicted octanol–water partition coefficient (Wildman–Crippen LogP) is 0.181. The third-order valence-electron chi connectivity index (χ3n) is 2.61. The summed E-state index contributed by atoms with van der Waals surface area (Å²) in [6, 6.07) is 1.99. The van der Waals surface area contributed by atoms with Crippen molar-refractivity contribution < 1.29 is 17.4 Å². The van der Waals surface area contributed by atoms with Gasteiger partial charge in [0.25, 0.3) is 11.8 Å². The second kappa shape index (κ2) is 5.50. The Morgan fingerprint density at radius 1 is 1.65 bits per heavy atom. The molecule has 0 saturated carbocycles. The number of amides is 1. The van der Waals surface area contributed by atoms with Crippen LogP contribution in [0.5, 0.6) is 5.88 Å². The Balaban J connectivity index is 3.09. The Bertz CT molecular complexity index is 658. The monoisotopic (exact) mass is 300 g/mol. The minimum atomic E-state index is -3.80. The van der Waals surface area contributed by atoms with E-state index >= 15 is 0 Å². The lowest BCUT2D eigenvalue weighted by molar-refractivity contribution is 0.0921. The first kappa shape index (κ1) is 16.0. The highest BCUT2D eigenvalue weighted by atomic mass is 32.2. The Kier molecular flexibility index (Phi) is 4.39. The second-order valence-corrected chi connectivity index (χ2v) is 6.14. The van der Waals surface area contributed by atoms with Crippen LogP contribution in [0.25, 0.3) is 0 Å². The van der Waals surface area contributed by atoms with Crippen molar-refractivity contribution in [3.05, 3.63) is 11.8 Å². The number of rotatable bonds is 5. The topological polar surface area (TPSA) is 114 Å². The van der Waals surface area contributed by atoms with Gasteiger partial charge < -0.3 is 9.50 Å². The van der Waals surface area contributed by atoms with Gasteiger partial charge >= 0.3 is 10.1 Å². The minimum absolute atomic E-state index is 0.0483. The van der Waals surface area contributed by atoms with Crippen molar-refractivity contribution in [2.24, 2.45) is 7.05 Å². The average molecular weight is 300 g/mol. The van der Waals surface area contributed by atoms with Gasteiger partial charge in [0.15, 0.2) is 0 Å². The molecule has 1 unspecified atom stereocenters. The fourth-order valence-electron chi connectivity index (χ4n) is 1.34. The summed E-state index contributed by atoms with van der Waals surface area (Å²) in [7, 11) is -2.27. The van der Waals surface area contributed by atoms with E-state index in [0.717, 1.165) is 6.26 Å². The van der Waals surface area contributed by atoms with Crippen molar-refractivity contribution in [1.82, 2.24) is 15.1 Å². The summed E-state index contributed by atoms with van der Waals surface area (Å²) in [6.45, 7) is 3.32. The van der Waals surface area contributed by atoms with Crippen LogP contribution >= 0.6 is 0 Å². The fourth-order valence-corrected chi connectivity index (χ4v) is 1.75. The van der Waals surface area contributed by atoms with Gasteiger partial charge in [-0.3, -0.25) is 9.48 Å². The molecule has 20 heavy (non-hydrogen) atoms. The van der Waals surface area contributed by atoms with Crippen LogP contribution in [0.2, 0.25) is 0 Å². The Morgan fingerprint density at radius 2 is 2.25 bits per heavy atom. The molecular weight excluding hydrogens is 284 g/mol. The van der Waals surface area contributed by atoms with E-state index in [4.69, 9.17) is 5.26 Å². The van der Waals surface area contributed by atoms with Gasteiger partial charge in [-0.15, -0.1) is 5.10 Å². The van der Waals surface area contributed by atoms with Crippen molar-refractivity contribution >= 4 is 16.0 Å². The summed E-state index contributed by atoms with van der Waals surface area (Å²) in [5, 5.41) is 15.3. The molecule has 0 aliphatic heterocycles. The van der Waals surface area contributed by atoms with Gasteiger partial charge in [-0.25, -0.2) is 0 Å². The van der Waals surface area contributed by atoms with E-state index in [9.17, 15) is 13.2 Å². The third kappa shape index (κ3) is 3.96. The standard InChI is InChI=1S/C11H16N4O4S/c1-5-11(2,7-12)13-9(16)8-6-15(3)14-10(8)19-20(4,17)18/h6H,5H2,1-4H3,(H,13,16). The van der Waals surface area contributed by atoms with E-state index in [1.807, 2.05) is 6.07 Å². The molecule has 1 heterocycles. The highest BCUT2D eigenvalue weighted by Gasteiger charge is 2.28. The SMILES string of the molecule is CCC(C)(C#N)NC(=O)c1cn(C)nc1OS(C)(=O)=O. The summed E-state index contributed by atoms with van der Waals surface area (Å²) in [5.74, 6) is -0.938. The smallest absolute Gasteiger partial charge is 0.307 e. The first-order valence-corrected chi connectivity index (χ1v) is 7.58. The Hall–Kier alpha value is -2.08. The van der Waals surface area contributed by atoms with E-state index in [-0.39, 0.29) is 11.4 Å². The number of nitrogens with zero attached hydrogens (tertiary/aromatic N) is 3. The first-order valence-electron chi connectivity index (χ1n) is 5.77. The molecule has 1 amide bonds. The van der Waals surface area contributed by atoms with Gasteiger partial charge in [0.2, 0.25) is 0 Å². The molecule has 0 radical (unpaired) electrons. The molecule has 0 spiro atoms. The van der Waals surface area contributed by atoms with Crippen LogP contribution in [0.3, 0.4) is 0 Å². The molecule has 0 aromatic carbocycles. The van der Waals surface area contributed by atoms with Gasteiger partial charge in [0, 0.05) is 13.2 Å². The fraction of sp³-hybridized carbons (Fsp3) is 0.545. The lowest BCUT2D eigenvalue weighted by Crippen LogP contribution is -2.44. The summed E-state index contributed by atoms with van der Waals surface area (Å²) < 4.78 is 28.2. The van der Waals surface area contributed by atoms with Crippen LogP contribution in [0, 0.1) is 11.3 Å². The van der Waals surface area contributed by atoms with E-state index in [2.05, 4.69) is 14.6 Å². The summed E-state index contributed by atoms with van der Waals surface area (Å²) in [5.41, 5.74) is -1.09. The van der Waals surface area contributed by atoms with E-state index in [1.54, 1.807) is 13.8 Å². The molecule has 1 aromatic rings. The highest BCUT2D eigenvalue weighted by Crippen LogP contribution is 2.18. The molecule has 0 bridgehead atoms. The molecule has 110 valence electrons. The van der Waals surface area contributed by atoms with Crippen LogP contribution in [0.1, 0.15) is 30.6 Å². The minimum Gasteiger partial charge on any atom is -0.359 e. The summed E-state index contributed by atoms with van der Waals surface area (Å²) in [4.78, 5) is 12.1. The van der Waals surface area contributed by atoms with E-state index in [0.29, 0.717) is 6.42 Å². The molecule has 1 N–H and O–H groups in total. The number of hydrogen-bond donors (Lipinski definition) is 1. The maximum absolute atomic E-state index is 12.1. The van der Waals surface area contributed by atoms with Crippen LogP contribution < -0.4 is 9.50 Å². The number of nitrogens with one attached hydrogen (secondary N) is 1. The Morgan fingerprint density at radius 3 is 2.70 bits per heavy atom. The van der Waals surface area contributed by atoms with Crippen molar-refractivity contribution in [1.29, 1.82) is 5.26 Å². The maximum atomic E-state index is 12.1. The van der Waals surface area contributed by atoms with Crippen molar-refractivity contribution in [3.63, 3.8) is 0 Å². The van der Waals surface area contributed by atoms with Gasteiger partial charge in [0.1, 0.15) is 11.1 Å². The molecular formula is C11H16N4O4S. The molecule has 0 fully saturated rings. The molecule has 1 rings (SSSR count).